The molecule has 6 nitrogen and oxygen atoms in total. The van der Waals surface area contributed by atoms with E-state index in [9.17, 15) is 9.59 Å². The first-order valence-corrected chi connectivity index (χ1v) is 9.74. The molecule has 1 aliphatic rings. The molecule has 2 heterocycles. The summed E-state index contributed by atoms with van der Waals surface area (Å²) in [5.41, 5.74) is 4.56. The van der Waals surface area contributed by atoms with Crippen molar-refractivity contribution in [3.05, 3.63) is 52.8 Å². The Morgan fingerprint density at radius 2 is 1.86 bits per heavy atom. The van der Waals surface area contributed by atoms with Crippen molar-refractivity contribution < 1.29 is 9.59 Å². The number of amides is 2. The zero-order valence-corrected chi connectivity index (χ0v) is 17.0. The van der Waals surface area contributed by atoms with Crippen molar-refractivity contribution in [2.75, 3.05) is 38.5 Å². The van der Waals surface area contributed by atoms with Gasteiger partial charge in [0, 0.05) is 37.1 Å². The van der Waals surface area contributed by atoms with Gasteiger partial charge in [-0.3, -0.25) is 9.59 Å². The number of carbonyl (C=O) groups is 2. The minimum absolute atomic E-state index is 0.0452. The average molecular weight is 380 g/mol. The molecule has 2 N–H and O–H groups in total. The summed E-state index contributed by atoms with van der Waals surface area (Å²) in [5.74, 6) is -0.171. The van der Waals surface area contributed by atoms with E-state index in [0.29, 0.717) is 17.8 Å². The molecule has 0 atom stereocenters. The third kappa shape index (κ3) is 4.02. The van der Waals surface area contributed by atoms with E-state index in [4.69, 9.17) is 0 Å². The second-order valence-electron chi connectivity index (χ2n) is 7.09. The van der Waals surface area contributed by atoms with Crippen LogP contribution in [0.2, 0.25) is 0 Å². The van der Waals surface area contributed by atoms with Crippen LogP contribution < -0.4 is 5.32 Å². The van der Waals surface area contributed by atoms with Gasteiger partial charge in [-0.2, -0.15) is 0 Å². The molecule has 1 aliphatic heterocycles. The molecule has 3 rings (SSSR count). The Hall–Kier alpha value is -2.86. The molecule has 6 heteroatoms. The van der Waals surface area contributed by atoms with Gasteiger partial charge in [-0.1, -0.05) is 32.0 Å². The summed E-state index contributed by atoms with van der Waals surface area (Å²) in [6, 6.07) is 9.46. The molecule has 1 aromatic heterocycles. The van der Waals surface area contributed by atoms with Crippen LogP contribution in [0.4, 0.5) is 5.69 Å². The Balaban J connectivity index is 1.78. The highest BCUT2D eigenvalue weighted by molar-refractivity contribution is 6.34. The first-order valence-electron chi connectivity index (χ1n) is 9.74. The molecule has 2 aromatic rings. The lowest BCUT2D eigenvalue weighted by molar-refractivity contribution is -0.110. The summed E-state index contributed by atoms with van der Waals surface area (Å²) in [6.45, 7) is 9.65. The van der Waals surface area contributed by atoms with E-state index in [1.165, 1.54) is 0 Å². The van der Waals surface area contributed by atoms with E-state index in [2.05, 4.69) is 29.0 Å². The molecular formula is C22H28N4O2. The van der Waals surface area contributed by atoms with Gasteiger partial charge in [0.15, 0.2) is 0 Å². The molecule has 0 unspecified atom stereocenters. The summed E-state index contributed by atoms with van der Waals surface area (Å²) in [4.78, 5) is 32.3. The number of nitrogens with zero attached hydrogens (tertiary/aromatic N) is 2. The predicted molar refractivity (Wildman–Crippen MR) is 113 cm³/mol. The largest absolute Gasteiger partial charge is 0.351 e. The molecular weight excluding hydrogens is 352 g/mol. The number of likely N-dealkylation sites (N-methyl/N-ethyl adjacent to an activating group) is 2. The minimum Gasteiger partial charge on any atom is -0.351 e. The van der Waals surface area contributed by atoms with Crippen molar-refractivity contribution in [3.63, 3.8) is 0 Å². The molecule has 0 radical (unpaired) electrons. The SMILES string of the molecule is CCN(CC)CCN(C)C(=O)c1cc(C)c(/C=C2\C(=O)Nc3ccccc32)[nH]1. The number of aromatic amines is 1. The van der Waals surface area contributed by atoms with E-state index < -0.39 is 0 Å². The third-order valence-electron chi connectivity index (χ3n) is 5.28. The maximum Gasteiger partial charge on any atom is 0.270 e. The number of H-pyrrole nitrogens is 1. The Labute approximate surface area is 166 Å². The quantitative estimate of drug-likeness (QED) is 0.725. The van der Waals surface area contributed by atoms with Crippen LogP contribution in [0.3, 0.4) is 0 Å². The van der Waals surface area contributed by atoms with Gasteiger partial charge in [-0.15, -0.1) is 0 Å². The minimum atomic E-state index is -0.126. The standard InChI is InChI=1S/C22H28N4O2/c1-5-26(6-2)12-11-25(4)22(28)20-13-15(3)19(23-20)14-17-16-9-7-8-10-18(16)24-21(17)27/h7-10,13-14,23H,5-6,11-12H2,1-4H3,(H,24,27)/b17-14-. The van der Waals surface area contributed by atoms with Crippen molar-refractivity contribution in [1.29, 1.82) is 0 Å². The van der Waals surface area contributed by atoms with Gasteiger partial charge >= 0.3 is 0 Å². The van der Waals surface area contributed by atoms with Crippen LogP contribution in [0, 0.1) is 6.92 Å². The fourth-order valence-electron chi connectivity index (χ4n) is 3.40. The van der Waals surface area contributed by atoms with Crippen molar-refractivity contribution in [3.8, 4) is 0 Å². The van der Waals surface area contributed by atoms with Crippen LogP contribution in [0.5, 0.6) is 0 Å². The van der Waals surface area contributed by atoms with Gasteiger partial charge in [0.1, 0.15) is 5.69 Å². The summed E-state index contributed by atoms with van der Waals surface area (Å²) in [7, 11) is 1.82. The second kappa shape index (κ2) is 8.44. The lowest BCUT2D eigenvalue weighted by Crippen LogP contribution is -2.36. The molecule has 0 aliphatic carbocycles. The van der Waals surface area contributed by atoms with Crippen LogP contribution >= 0.6 is 0 Å². The normalized spacial score (nSPS) is 14.5. The van der Waals surface area contributed by atoms with Crippen LogP contribution in [0.15, 0.2) is 30.3 Å². The van der Waals surface area contributed by atoms with Crippen LogP contribution in [-0.2, 0) is 4.79 Å². The Bertz CT molecular complexity index is 909. The Morgan fingerprint density at radius 3 is 2.57 bits per heavy atom. The lowest BCUT2D eigenvalue weighted by Gasteiger charge is -2.22. The highest BCUT2D eigenvalue weighted by Crippen LogP contribution is 2.33. The van der Waals surface area contributed by atoms with Crippen LogP contribution in [-0.4, -0.2) is 59.8 Å². The number of benzene rings is 1. The third-order valence-corrected chi connectivity index (χ3v) is 5.28. The van der Waals surface area contributed by atoms with E-state index >= 15 is 0 Å². The fourth-order valence-corrected chi connectivity index (χ4v) is 3.40. The molecule has 28 heavy (non-hydrogen) atoms. The molecule has 2 amide bonds. The first-order chi connectivity index (χ1) is 13.4. The summed E-state index contributed by atoms with van der Waals surface area (Å²) in [6.07, 6.45) is 1.82. The van der Waals surface area contributed by atoms with E-state index in [1.54, 1.807) is 4.90 Å². The molecule has 0 bridgehead atoms. The van der Waals surface area contributed by atoms with Gasteiger partial charge in [0.05, 0.1) is 5.57 Å². The van der Waals surface area contributed by atoms with Crippen molar-refractivity contribution >= 4 is 29.2 Å². The molecule has 148 valence electrons. The zero-order chi connectivity index (χ0) is 20.3. The number of carbonyl (C=O) groups excluding carboxylic acids is 2. The fraction of sp³-hybridized carbons (Fsp3) is 0.364. The van der Waals surface area contributed by atoms with Gasteiger partial charge in [-0.25, -0.2) is 0 Å². The molecule has 0 saturated heterocycles. The summed E-state index contributed by atoms with van der Waals surface area (Å²) in [5, 5.41) is 2.87. The molecule has 0 saturated carbocycles. The second-order valence-corrected chi connectivity index (χ2v) is 7.09. The zero-order valence-electron chi connectivity index (χ0n) is 17.0. The smallest absolute Gasteiger partial charge is 0.270 e. The van der Waals surface area contributed by atoms with E-state index in [0.717, 1.165) is 42.1 Å². The molecule has 0 spiro atoms. The molecule has 1 aromatic carbocycles. The van der Waals surface area contributed by atoms with Gasteiger partial charge in [0.2, 0.25) is 0 Å². The number of para-hydroxylation sites is 1. The average Bonchev–Trinajstić information content (AvgIpc) is 3.22. The van der Waals surface area contributed by atoms with Crippen LogP contribution in [0.1, 0.15) is 41.2 Å². The Morgan fingerprint density at radius 1 is 1.14 bits per heavy atom. The maximum absolute atomic E-state index is 12.8. The first kappa shape index (κ1) is 19.9. The van der Waals surface area contributed by atoms with Crippen LogP contribution in [0.25, 0.3) is 11.6 Å². The maximum atomic E-state index is 12.8. The Kier molecular flexibility index (Phi) is 5.99. The number of aromatic nitrogens is 1. The summed E-state index contributed by atoms with van der Waals surface area (Å²) >= 11 is 0. The van der Waals surface area contributed by atoms with Crippen molar-refractivity contribution in [2.24, 2.45) is 0 Å². The lowest BCUT2D eigenvalue weighted by atomic mass is 10.1. The number of fused-ring (bicyclic) bond motifs is 1. The topological polar surface area (TPSA) is 68.4 Å². The van der Waals surface area contributed by atoms with Gasteiger partial charge in [-0.05, 0) is 43.8 Å². The monoisotopic (exact) mass is 380 g/mol. The van der Waals surface area contributed by atoms with E-state index in [-0.39, 0.29) is 11.8 Å². The molecule has 0 fully saturated rings. The van der Waals surface area contributed by atoms with E-state index in [1.807, 2.05) is 50.4 Å². The number of hydrogen-bond acceptors (Lipinski definition) is 3. The van der Waals surface area contributed by atoms with Crippen molar-refractivity contribution in [1.82, 2.24) is 14.8 Å². The predicted octanol–water partition coefficient (Wildman–Crippen LogP) is 3.23. The number of aryl methyl sites for hydroxylation is 1. The number of rotatable bonds is 7. The number of hydrogen-bond donors (Lipinski definition) is 2. The number of nitrogens with one attached hydrogen (secondary N) is 2. The van der Waals surface area contributed by atoms with Gasteiger partial charge in [0.25, 0.3) is 11.8 Å². The number of anilines is 1. The van der Waals surface area contributed by atoms with Gasteiger partial charge < -0.3 is 20.1 Å². The highest BCUT2D eigenvalue weighted by Gasteiger charge is 2.24. The highest BCUT2D eigenvalue weighted by atomic mass is 16.2. The summed E-state index contributed by atoms with van der Waals surface area (Å²) < 4.78 is 0. The van der Waals surface area contributed by atoms with Crippen molar-refractivity contribution in [2.45, 2.75) is 20.8 Å².